The maximum absolute atomic E-state index is 12.2. The summed E-state index contributed by atoms with van der Waals surface area (Å²) in [6, 6.07) is 24.2. The first-order valence-corrected chi connectivity index (χ1v) is 10.8. The van der Waals surface area contributed by atoms with Crippen molar-refractivity contribution in [3.63, 3.8) is 0 Å². The van der Waals surface area contributed by atoms with E-state index in [0.29, 0.717) is 6.61 Å². The fourth-order valence-corrected chi connectivity index (χ4v) is 3.87. The van der Waals surface area contributed by atoms with Gasteiger partial charge in [0.1, 0.15) is 18.0 Å². The average Bonchev–Trinajstić information content (AvgIpc) is 3.09. The van der Waals surface area contributed by atoms with Crippen molar-refractivity contribution in [2.75, 3.05) is 13.2 Å². The normalized spacial score (nSPS) is 12.2. The van der Waals surface area contributed by atoms with E-state index in [1.807, 2.05) is 69.3 Å². The first-order chi connectivity index (χ1) is 15.4. The van der Waals surface area contributed by atoms with Crippen molar-refractivity contribution < 1.29 is 14.3 Å². The Hall–Kier alpha value is -3.71. The zero-order valence-corrected chi connectivity index (χ0v) is 18.6. The minimum atomic E-state index is -0.463. The maximum atomic E-state index is 12.2. The second-order valence-electron chi connectivity index (χ2n) is 8.72. The van der Waals surface area contributed by atoms with Gasteiger partial charge in [0, 0.05) is 11.5 Å². The molecule has 3 aromatic rings. The molecule has 0 heterocycles. The first kappa shape index (κ1) is 21.5. The average molecular weight is 426 g/mol. The van der Waals surface area contributed by atoms with E-state index in [1.54, 1.807) is 0 Å². The molecule has 162 valence electrons. The standard InChI is InChI=1S/C28H27NO3/c1-28(2,3)32-21-16-14-20(15-17-21)9-8-18-29-27(30)31-19-26-24-12-6-4-10-22(24)23-11-5-7-13-25(23)26/h4-7,10-17,26H,18-19H2,1-3H3,(H,29,30). The minimum Gasteiger partial charge on any atom is -0.488 e. The quantitative estimate of drug-likeness (QED) is 0.541. The molecule has 0 spiro atoms. The largest absolute Gasteiger partial charge is 0.488 e. The second kappa shape index (κ2) is 9.20. The van der Waals surface area contributed by atoms with Crippen molar-refractivity contribution in [3.05, 3.63) is 89.5 Å². The number of nitrogens with one attached hydrogen (secondary N) is 1. The molecule has 0 fully saturated rings. The molecule has 0 radical (unpaired) electrons. The smallest absolute Gasteiger partial charge is 0.407 e. The van der Waals surface area contributed by atoms with E-state index >= 15 is 0 Å². The number of fused-ring (bicyclic) bond motifs is 3. The summed E-state index contributed by atoms with van der Waals surface area (Å²) in [6.07, 6.45) is -0.463. The van der Waals surface area contributed by atoms with Gasteiger partial charge in [0.2, 0.25) is 0 Å². The predicted octanol–water partition coefficient (Wildman–Crippen LogP) is 5.75. The molecular formula is C28H27NO3. The Bertz CT molecular complexity index is 1120. The van der Waals surface area contributed by atoms with Crippen LogP contribution in [0.5, 0.6) is 5.75 Å². The highest BCUT2D eigenvalue weighted by Crippen LogP contribution is 2.44. The molecule has 0 unspecified atom stereocenters. The Balaban J connectivity index is 1.29. The maximum Gasteiger partial charge on any atom is 0.407 e. The van der Waals surface area contributed by atoms with Crippen molar-refractivity contribution >= 4 is 6.09 Å². The molecule has 0 saturated heterocycles. The van der Waals surface area contributed by atoms with Crippen molar-refractivity contribution in [2.45, 2.75) is 32.3 Å². The van der Waals surface area contributed by atoms with Gasteiger partial charge in [-0.1, -0.05) is 60.4 Å². The van der Waals surface area contributed by atoms with E-state index in [1.165, 1.54) is 22.3 Å². The lowest BCUT2D eigenvalue weighted by atomic mass is 9.98. The Kier molecular flexibility index (Phi) is 6.18. The molecule has 1 aliphatic rings. The van der Waals surface area contributed by atoms with E-state index in [2.05, 4.69) is 41.4 Å². The van der Waals surface area contributed by atoms with Crippen LogP contribution in [0.15, 0.2) is 72.8 Å². The Morgan fingerprint density at radius 3 is 2.09 bits per heavy atom. The van der Waals surface area contributed by atoms with Crippen molar-refractivity contribution in [1.82, 2.24) is 5.32 Å². The Morgan fingerprint density at radius 1 is 0.906 bits per heavy atom. The summed E-state index contributed by atoms with van der Waals surface area (Å²) >= 11 is 0. The van der Waals surface area contributed by atoms with E-state index in [4.69, 9.17) is 9.47 Å². The third-order valence-corrected chi connectivity index (χ3v) is 5.18. The second-order valence-corrected chi connectivity index (χ2v) is 8.72. The number of alkyl carbamates (subject to hydrolysis) is 1. The Morgan fingerprint density at radius 2 is 1.50 bits per heavy atom. The summed E-state index contributed by atoms with van der Waals surface area (Å²) in [4.78, 5) is 12.2. The van der Waals surface area contributed by atoms with Gasteiger partial charge in [-0.2, -0.15) is 0 Å². The molecule has 4 heteroatoms. The molecular weight excluding hydrogens is 398 g/mol. The van der Waals surface area contributed by atoms with Crippen molar-refractivity contribution in [2.24, 2.45) is 0 Å². The van der Waals surface area contributed by atoms with Gasteiger partial charge in [-0.25, -0.2) is 4.79 Å². The molecule has 1 amide bonds. The zero-order chi connectivity index (χ0) is 22.6. The molecule has 0 aromatic heterocycles. The van der Waals surface area contributed by atoms with Crippen LogP contribution >= 0.6 is 0 Å². The monoisotopic (exact) mass is 425 g/mol. The van der Waals surface area contributed by atoms with Gasteiger partial charge in [0.15, 0.2) is 0 Å². The van der Waals surface area contributed by atoms with Gasteiger partial charge in [0.05, 0.1) is 6.54 Å². The van der Waals surface area contributed by atoms with Crippen molar-refractivity contribution in [3.8, 4) is 28.7 Å². The van der Waals surface area contributed by atoms with Crippen LogP contribution in [0, 0.1) is 11.8 Å². The lowest BCUT2D eigenvalue weighted by molar-refractivity contribution is 0.131. The third kappa shape index (κ3) is 5.12. The zero-order valence-electron chi connectivity index (χ0n) is 18.6. The summed E-state index contributed by atoms with van der Waals surface area (Å²) in [5.41, 5.74) is 5.44. The van der Waals surface area contributed by atoms with Gasteiger partial charge in [-0.3, -0.25) is 0 Å². The molecule has 32 heavy (non-hydrogen) atoms. The SMILES string of the molecule is CC(C)(C)Oc1ccc(C#CCNC(=O)OCC2c3ccccc3-c3ccccc32)cc1. The summed E-state index contributed by atoms with van der Waals surface area (Å²) < 4.78 is 11.3. The number of carbonyl (C=O) groups is 1. The molecule has 3 aromatic carbocycles. The predicted molar refractivity (Wildman–Crippen MR) is 127 cm³/mol. The lowest BCUT2D eigenvalue weighted by Gasteiger charge is -2.21. The van der Waals surface area contributed by atoms with E-state index in [9.17, 15) is 4.79 Å². The van der Waals surface area contributed by atoms with Gasteiger partial charge in [-0.05, 0) is 67.3 Å². The van der Waals surface area contributed by atoms with E-state index in [0.717, 1.165) is 11.3 Å². The summed E-state index contributed by atoms with van der Waals surface area (Å²) in [5.74, 6) is 6.85. The van der Waals surface area contributed by atoms with Crippen LogP contribution in [0.3, 0.4) is 0 Å². The highest BCUT2D eigenvalue weighted by atomic mass is 16.5. The molecule has 0 aliphatic heterocycles. The third-order valence-electron chi connectivity index (χ3n) is 5.18. The number of rotatable bonds is 4. The van der Waals surface area contributed by atoms with Gasteiger partial charge < -0.3 is 14.8 Å². The lowest BCUT2D eigenvalue weighted by Crippen LogP contribution is -2.26. The van der Waals surface area contributed by atoms with Crippen LogP contribution in [-0.2, 0) is 4.74 Å². The summed E-state index contributed by atoms with van der Waals surface area (Å²) in [5, 5.41) is 2.71. The van der Waals surface area contributed by atoms with Crippen LogP contribution in [0.2, 0.25) is 0 Å². The van der Waals surface area contributed by atoms with Crippen LogP contribution in [0.25, 0.3) is 11.1 Å². The first-order valence-electron chi connectivity index (χ1n) is 10.8. The van der Waals surface area contributed by atoms with Gasteiger partial charge in [-0.15, -0.1) is 0 Å². The summed E-state index contributed by atoms with van der Waals surface area (Å²) in [6.45, 7) is 6.54. The van der Waals surface area contributed by atoms with Crippen LogP contribution in [-0.4, -0.2) is 24.8 Å². The number of amides is 1. The van der Waals surface area contributed by atoms with E-state index < -0.39 is 6.09 Å². The molecule has 4 rings (SSSR count). The highest BCUT2D eigenvalue weighted by Gasteiger charge is 2.28. The van der Waals surface area contributed by atoms with Crippen LogP contribution in [0.4, 0.5) is 4.79 Å². The number of hydrogen-bond acceptors (Lipinski definition) is 3. The fourth-order valence-electron chi connectivity index (χ4n) is 3.87. The van der Waals surface area contributed by atoms with E-state index in [-0.39, 0.29) is 18.1 Å². The Labute approximate surface area is 189 Å². The van der Waals surface area contributed by atoms with Crippen LogP contribution in [0.1, 0.15) is 43.4 Å². The molecule has 1 N–H and O–H groups in total. The van der Waals surface area contributed by atoms with Crippen molar-refractivity contribution in [1.29, 1.82) is 0 Å². The molecule has 0 atom stereocenters. The van der Waals surface area contributed by atoms with Gasteiger partial charge >= 0.3 is 6.09 Å². The summed E-state index contributed by atoms with van der Waals surface area (Å²) in [7, 11) is 0. The van der Waals surface area contributed by atoms with Gasteiger partial charge in [0.25, 0.3) is 0 Å². The molecule has 0 bridgehead atoms. The minimum absolute atomic E-state index is 0.0491. The number of carbonyl (C=O) groups excluding carboxylic acids is 1. The number of hydrogen-bond donors (Lipinski definition) is 1. The number of ether oxygens (including phenoxy) is 2. The molecule has 0 saturated carbocycles. The highest BCUT2D eigenvalue weighted by molar-refractivity contribution is 5.79. The van der Waals surface area contributed by atoms with Crippen LogP contribution < -0.4 is 10.1 Å². The molecule has 4 nitrogen and oxygen atoms in total. The molecule has 1 aliphatic carbocycles. The number of benzene rings is 3. The fraction of sp³-hybridized carbons (Fsp3) is 0.250. The topological polar surface area (TPSA) is 47.6 Å².